The van der Waals surface area contributed by atoms with Crippen LogP contribution in [0.1, 0.15) is 309 Å². The van der Waals surface area contributed by atoms with Gasteiger partial charge in [-0.15, -0.1) is 0 Å². The number of ether oxygens (including phenoxy) is 2. The van der Waals surface area contributed by atoms with Gasteiger partial charge in [-0.05, 0) is 83.5 Å². The number of allylic oxidation sites excluding steroid dienone is 18. The fourth-order valence-electron chi connectivity index (χ4n) is 9.63. The molecule has 3 N–H and O–H groups in total. The Kier molecular flexibility index (Phi) is 65.1. The van der Waals surface area contributed by atoms with Gasteiger partial charge in [0.15, 0.2) is 6.10 Å². The van der Waals surface area contributed by atoms with Crippen LogP contribution >= 0.6 is 7.82 Å². The Morgan fingerprint density at radius 3 is 0.988 bits per heavy atom. The standard InChI is InChI=1S/C73H128NO8P/c1-3-5-7-9-11-13-15-17-19-21-23-25-27-28-29-30-31-32-33-34-35-36-37-38-39-40-41-42-44-46-48-50-52-54-56-58-60-62-64-66-73(76)82-71(70-81-83(77,78)80-68-67-74)69-79-72(75)65-63-61-59-57-55-53-51-49-47-45-43-26-24-22-20-18-16-14-12-10-8-6-4-2/h5,7,11,13,17,19,23,25,28-29,31-32,34-35,37-38,40-41,71H,3-4,6,8-10,12,14-16,18,20-22,24,26-27,30,33,36,39,42-70,74H2,1-2H3,(H,77,78)/b7-5-,13-11-,19-17-,25-23-,29-28-,32-31-,35-34-,38-37-,41-40-. The van der Waals surface area contributed by atoms with Crippen LogP contribution in [0.4, 0.5) is 0 Å². The lowest BCUT2D eigenvalue weighted by molar-refractivity contribution is -0.161. The summed E-state index contributed by atoms with van der Waals surface area (Å²) in [5.41, 5.74) is 5.40. The van der Waals surface area contributed by atoms with Gasteiger partial charge in [0.2, 0.25) is 0 Å². The Bertz CT molecular complexity index is 1730. The van der Waals surface area contributed by atoms with Gasteiger partial charge in [-0.2, -0.15) is 0 Å². The zero-order valence-electron chi connectivity index (χ0n) is 53.7. The van der Waals surface area contributed by atoms with Crippen molar-refractivity contribution in [3.63, 3.8) is 0 Å². The van der Waals surface area contributed by atoms with Crippen molar-refractivity contribution >= 4 is 19.8 Å². The van der Waals surface area contributed by atoms with E-state index >= 15 is 0 Å². The van der Waals surface area contributed by atoms with Crippen LogP contribution in [-0.4, -0.2) is 49.3 Å². The van der Waals surface area contributed by atoms with Crippen LogP contribution in [0.25, 0.3) is 0 Å². The maximum Gasteiger partial charge on any atom is 0.472 e. The van der Waals surface area contributed by atoms with Gasteiger partial charge < -0.3 is 20.1 Å². The summed E-state index contributed by atoms with van der Waals surface area (Å²) in [6.07, 6.45) is 93.1. The molecule has 0 saturated carbocycles. The summed E-state index contributed by atoms with van der Waals surface area (Å²) in [6, 6.07) is 0. The fraction of sp³-hybridized carbons (Fsp3) is 0.726. The minimum absolute atomic E-state index is 0.0505. The Morgan fingerprint density at radius 2 is 0.663 bits per heavy atom. The van der Waals surface area contributed by atoms with Crippen molar-refractivity contribution in [1.29, 1.82) is 0 Å². The first-order valence-corrected chi connectivity index (χ1v) is 35.9. The van der Waals surface area contributed by atoms with E-state index in [0.29, 0.717) is 6.42 Å². The van der Waals surface area contributed by atoms with Gasteiger partial charge in [-0.3, -0.25) is 18.6 Å². The predicted octanol–water partition coefficient (Wildman–Crippen LogP) is 22.5. The van der Waals surface area contributed by atoms with Crippen molar-refractivity contribution in [3.8, 4) is 0 Å². The van der Waals surface area contributed by atoms with E-state index in [1.54, 1.807) is 0 Å². The van der Waals surface area contributed by atoms with E-state index in [1.807, 2.05) is 0 Å². The SMILES string of the molecule is CC/C=C\C/C=C\C/C=C\C/C=C\C/C=C\C/C=C\C/C=C\C/C=C\C/C=C\CCCCCCCCCCCCCC(=O)OC(COC(=O)CCCCCCCCCCCCCCCCCCCCCCCCC)COP(=O)(O)OCCN. The van der Waals surface area contributed by atoms with Crippen molar-refractivity contribution in [1.82, 2.24) is 0 Å². The largest absolute Gasteiger partial charge is 0.472 e. The highest BCUT2D eigenvalue weighted by Crippen LogP contribution is 2.43. The molecule has 0 aliphatic heterocycles. The van der Waals surface area contributed by atoms with Gasteiger partial charge in [-0.1, -0.05) is 322 Å². The number of phosphoric acid groups is 1. The molecule has 0 radical (unpaired) electrons. The van der Waals surface area contributed by atoms with Crippen LogP contribution in [-0.2, 0) is 32.7 Å². The van der Waals surface area contributed by atoms with E-state index in [-0.39, 0.29) is 38.6 Å². The van der Waals surface area contributed by atoms with E-state index in [2.05, 4.69) is 123 Å². The molecule has 0 aromatic heterocycles. The molecular formula is C73H128NO8P. The van der Waals surface area contributed by atoms with Gasteiger partial charge in [0.1, 0.15) is 6.61 Å². The molecule has 9 nitrogen and oxygen atoms in total. The van der Waals surface area contributed by atoms with Crippen LogP contribution < -0.4 is 5.73 Å². The highest BCUT2D eigenvalue weighted by Gasteiger charge is 2.26. The molecule has 0 aliphatic carbocycles. The zero-order valence-corrected chi connectivity index (χ0v) is 54.5. The lowest BCUT2D eigenvalue weighted by Crippen LogP contribution is -2.29. The van der Waals surface area contributed by atoms with Gasteiger partial charge in [0.05, 0.1) is 13.2 Å². The normalized spacial score (nSPS) is 13.6. The van der Waals surface area contributed by atoms with Gasteiger partial charge >= 0.3 is 19.8 Å². The third-order valence-electron chi connectivity index (χ3n) is 14.7. The Morgan fingerprint density at radius 1 is 0.373 bits per heavy atom. The number of esters is 2. The third-order valence-corrected chi connectivity index (χ3v) is 15.7. The highest BCUT2D eigenvalue weighted by molar-refractivity contribution is 7.47. The first-order chi connectivity index (χ1) is 40.8. The van der Waals surface area contributed by atoms with Gasteiger partial charge in [0.25, 0.3) is 0 Å². The number of hydrogen-bond acceptors (Lipinski definition) is 8. The first-order valence-electron chi connectivity index (χ1n) is 34.4. The van der Waals surface area contributed by atoms with Crippen LogP contribution in [0.2, 0.25) is 0 Å². The summed E-state index contributed by atoms with van der Waals surface area (Å²) < 4.78 is 33.2. The Labute approximate surface area is 511 Å². The topological polar surface area (TPSA) is 134 Å². The first kappa shape index (κ1) is 79.7. The number of rotatable bonds is 64. The molecule has 0 saturated heterocycles. The third kappa shape index (κ3) is 67.7. The van der Waals surface area contributed by atoms with Gasteiger partial charge in [-0.25, -0.2) is 4.57 Å². The number of carbonyl (C=O) groups is 2. The summed E-state index contributed by atoms with van der Waals surface area (Å²) in [5.74, 6) is -0.822. The van der Waals surface area contributed by atoms with Crippen LogP contribution in [0.5, 0.6) is 0 Å². The van der Waals surface area contributed by atoms with E-state index < -0.39 is 26.5 Å². The van der Waals surface area contributed by atoms with Crippen molar-refractivity contribution < 1.29 is 37.6 Å². The molecular weight excluding hydrogens is 1050 g/mol. The van der Waals surface area contributed by atoms with E-state index in [4.69, 9.17) is 24.3 Å². The molecule has 0 rings (SSSR count). The summed E-state index contributed by atoms with van der Waals surface area (Å²) in [4.78, 5) is 35.3. The Balaban J connectivity index is 3.92. The molecule has 0 bridgehead atoms. The summed E-state index contributed by atoms with van der Waals surface area (Å²) in [6.45, 7) is 3.66. The molecule has 0 aromatic carbocycles. The van der Waals surface area contributed by atoms with Crippen LogP contribution in [0.3, 0.4) is 0 Å². The second kappa shape index (κ2) is 67.8. The predicted molar refractivity (Wildman–Crippen MR) is 358 cm³/mol. The molecule has 10 heteroatoms. The molecule has 2 atom stereocenters. The molecule has 0 heterocycles. The molecule has 0 fully saturated rings. The van der Waals surface area contributed by atoms with Crippen LogP contribution in [0.15, 0.2) is 109 Å². The quantitative estimate of drug-likeness (QED) is 0.0264. The fourth-order valence-corrected chi connectivity index (χ4v) is 10.4. The lowest BCUT2D eigenvalue weighted by Gasteiger charge is -2.19. The van der Waals surface area contributed by atoms with E-state index in [1.165, 1.54) is 173 Å². The van der Waals surface area contributed by atoms with Crippen molar-refractivity contribution in [3.05, 3.63) is 109 Å². The molecule has 2 unspecified atom stereocenters. The molecule has 83 heavy (non-hydrogen) atoms. The number of unbranched alkanes of at least 4 members (excludes halogenated alkanes) is 33. The smallest absolute Gasteiger partial charge is 0.462 e. The van der Waals surface area contributed by atoms with E-state index in [0.717, 1.165) is 103 Å². The second-order valence-electron chi connectivity index (χ2n) is 22.7. The maximum atomic E-state index is 12.8. The molecule has 0 aromatic rings. The summed E-state index contributed by atoms with van der Waals surface area (Å²) in [5, 5.41) is 0. The molecule has 0 spiro atoms. The van der Waals surface area contributed by atoms with Gasteiger partial charge in [0, 0.05) is 19.4 Å². The van der Waals surface area contributed by atoms with Crippen molar-refractivity contribution in [2.45, 2.75) is 315 Å². The van der Waals surface area contributed by atoms with Crippen molar-refractivity contribution in [2.24, 2.45) is 5.73 Å². The Hall–Kier alpha value is -3.33. The molecule has 478 valence electrons. The average molecular weight is 1180 g/mol. The molecule has 0 amide bonds. The van der Waals surface area contributed by atoms with Crippen molar-refractivity contribution in [2.75, 3.05) is 26.4 Å². The van der Waals surface area contributed by atoms with Crippen LogP contribution in [0, 0.1) is 0 Å². The van der Waals surface area contributed by atoms with E-state index in [9.17, 15) is 19.0 Å². The molecule has 0 aliphatic rings. The zero-order chi connectivity index (χ0) is 60.1. The maximum absolute atomic E-state index is 12.8. The number of nitrogens with two attached hydrogens (primary N) is 1. The second-order valence-corrected chi connectivity index (χ2v) is 24.1. The number of phosphoric ester groups is 1. The average Bonchev–Trinajstić information content (AvgIpc) is 3.48. The minimum Gasteiger partial charge on any atom is -0.462 e. The monoisotopic (exact) mass is 1180 g/mol. The summed E-state index contributed by atoms with van der Waals surface area (Å²) in [7, 11) is -4.40. The summed E-state index contributed by atoms with van der Waals surface area (Å²) >= 11 is 0. The number of hydrogen-bond donors (Lipinski definition) is 2. The lowest BCUT2D eigenvalue weighted by atomic mass is 10.0. The number of carbonyl (C=O) groups excluding carboxylic acids is 2. The highest BCUT2D eigenvalue weighted by atomic mass is 31.2. The minimum atomic E-state index is -4.40.